The molecular weight excluding hydrogens is 386 g/mol. The zero-order valence-electron chi connectivity index (χ0n) is 16.6. The van der Waals surface area contributed by atoms with E-state index in [4.69, 9.17) is 9.47 Å². The summed E-state index contributed by atoms with van der Waals surface area (Å²) in [5.41, 5.74) is 1.32. The first kappa shape index (κ1) is 19.8. The fraction of sp³-hybridized carbons (Fsp3) is 0.318. The van der Waals surface area contributed by atoms with Gasteiger partial charge in [-0.05, 0) is 31.2 Å². The van der Waals surface area contributed by atoms with Crippen LogP contribution < -0.4 is 25.0 Å². The maximum Gasteiger partial charge on any atom is 0.246 e. The number of rotatable bonds is 5. The number of benzene rings is 2. The van der Waals surface area contributed by atoms with Crippen LogP contribution in [-0.2, 0) is 14.4 Å². The van der Waals surface area contributed by atoms with Gasteiger partial charge >= 0.3 is 0 Å². The van der Waals surface area contributed by atoms with Gasteiger partial charge in [-0.15, -0.1) is 0 Å². The number of ether oxygens (including phenoxy) is 2. The number of carbonyl (C=O) groups is 3. The monoisotopic (exact) mass is 409 g/mol. The third kappa shape index (κ3) is 4.22. The Kier molecular flexibility index (Phi) is 5.56. The van der Waals surface area contributed by atoms with Gasteiger partial charge in [0.1, 0.15) is 19.3 Å². The average Bonchev–Trinajstić information content (AvgIpc) is 3.16. The summed E-state index contributed by atoms with van der Waals surface area (Å²) in [6, 6.07) is 13.6. The van der Waals surface area contributed by atoms with E-state index in [1.54, 1.807) is 30.0 Å². The van der Waals surface area contributed by atoms with E-state index in [-0.39, 0.29) is 24.1 Å². The number of hydrogen-bond donors (Lipinski definition) is 2. The van der Waals surface area contributed by atoms with E-state index in [9.17, 15) is 14.4 Å². The second-order valence-electron chi connectivity index (χ2n) is 7.32. The minimum Gasteiger partial charge on any atom is -0.486 e. The van der Waals surface area contributed by atoms with Crippen molar-refractivity contribution in [3.05, 3.63) is 48.5 Å². The molecule has 4 rings (SSSR count). The van der Waals surface area contributed by atoms with Gasteiger partial charge in [0.05, 0.1) is 5.92 Å². The predicted molar refractivity (Wildman–Crippen MR) is 111 cm³/mol. The summed E-state index contributed by atoms with van der Waals surface area (Å²) in [6.45, 7) is 2.85. The molecule has 2 heterocycles. The maximum atomic E-state index is 12.6. The van der Waals surface area contributed by atoms with Crippen LogP contribution in [-0.4, -0.2) is 43.5 Å². The molecule has 0 radical (unpaired) electrons. The minimum atomic E-state index is -0.758. The third-order valence-corrected chi connectivity index (χ3v) is 5.13. The Morgan fingerprint density at radius 1 is 1.07 bits per heavy atom. The fourth-order valence-corrected chi connectivity index (χ4v) is 3.51. The van der Waals surface area contributed by atoms with Crippen molar-refractivity contribution in [3.8, 4) is 11.5 Å². The summed E-state index contributed by atoms with van der Waals surface area (Å²) in [5.74, 6) is -0.0662. The molecule has 2 aliphatic heterocycles. The second kappa shape index (κ2) is 8.44. The third-order valence-electron chi connectivity index (χ3n) is 5.13. The van der Waals surface area contributed by atoms with Gasteiger partial charge in [-0.1, -0.05) is 18.2 Å². The molecule has 2 atom stereocenters. The van der Waals surface area contributed by atoms with E-state index in [2.05, 4.69) is 10.6 Å². The minimum absolute atomic E-state index is 0.102. The molecule has 2 aromatic rings. The van der Waals surface area contributed by atoms with Crippen LogP contribution in [0.4, 0.5) is 11.4 Å². The average molecular weight is 409 g/mol. The maximum absolute atomic E-state index is 12.6. The highest BCUT2D eigenvalue weighted by atomic mass is 16.6. The Bertz CT molecular complexity index is 963. The number of para-hydroxylation sites is 1. The molecule has 0 aliphatic carbocycles. The smallest absolute Gasteiger partial charge is 0.246 e. The van der Waals surface area contributed by atoms with Crippen molar-refractivity contribution in [2.45, 2.75) is 19.4 Å². The molecule has 0 bridgehead atoms. The van der Waals surface area contributed by atoms with Gasteiger partial charge < -0.3 is 25.0 Å². The van der Waals surface area contributed by atoms with Crippen LogP contribution in [0, 0.1) is 5.92 Å². The zero-order chi connectivity index (χ0) is 21.1. The Balaban J connectivity index is 1.33. The SMILES string of the molecule is C[C@H](NC(=O)[C@H]1CC(=O)N(c2ccccc2)C1)C(=O)Nc1ccc2c(c1)OCCO2. The first-order valence-electron chi connectivity index (χ1n) is 9.87. The molecule has 0 aromatic heterocycles. The van der Waals surface area contributed by atoms with Crippen molar-refractivity contribution in [1.29, 1.82) is 0 Å². The molecule has 0 unspecified atom stereocenters. The van der Waals surface area contributed by atoms with Gasteiger partial charge in [0.15, 0.2) is 11.5 Å². The van der Waals surface area contributed by atoms with E-state index in [0.717, 1.165) is 5.69 Å². The van der Waals surface area contributed by atoms with E-state index < -0.39 is 12.0 Å². The van der Waals surface area contributed by atoms with Crippen LogP contribution in [0.25, 0.3) is 0 Å². The molecule has 2 N–H and O–H groups in total. The largest absolute Gasteiger partial charge is 0.486 e. The lowest BCUT2D eigenvalue weighted by atomic mass is 10.1. The van der Waals surface area contributed by atoms with Gasteiger partial charge in [0, 0.05) is 30.4 Å². The highest BCUT2D eigenvalue weighted by Crippen LogP contribution is 2.32. The normalized spacial score (nSPS) is 18.6. The zero-order valence-corrected chi connectivity index (χ0v) is 16.6. The lowest BCUT2D eigenvalue weighted by Gasteiger charge is -2.20. The molecule has 8 heteroatoms. The number of fused-ring (bicyclic) bond motifs is 1. The van der Waals surface area contributed by atoms with Crippen molar-refractivity contribution in [3.63, 3.8) is 0 Å². The first-order chi connectivity index (χ1) is 14.5. The Hall–Kier alpha value is -3.55. The fourth-order valence-electron chi connectivity index (χ4n) is 3.51. The van der Waals surface area contributed by atoms with Gasteiger partial charge in [0.25, 0.3) is 0 Å². The van der Waals surface area contributed by atoms with Gasteiger partial charge in [-0.2, -0.15) is 0 Å². The molecule has 3 amide bonds. The summed E-state index contributed by atoms with van der Waals surface area (Å²) in [5, 5.41) is 5.48. The summed E-state index contributed by atoms with van der Waals surface area (Å²) in [7, 11) is 0. The first-order valence-corrected chi connectivity index (χ1v) is 9.87. The molecule has 2 aliphatic rings. The van der Waals surface area contributed by atoms with E-state index in [1.165, 1.54) is 0 Å². The Labute approximate surface area is 174 Å². The van der Waals surface area contributed by atoms with Crippen molar-refractivity contribution in [2.24, 2.45) is 5.92 Å². The van der Waals surface area contributed by atoms with E-state index in [1.807, 2.05) is 30.3 Å². The number of anilines is 2. The number of amides is 3. The molecule has 156 valence electrons. The lowest BCUT2D eigenvalue weighted by molar-refractivity contribution is -0.129. The number of carbonyl (C=O) groups excluding carboxylic acids is 3. The summed E-state index contributed by atoms with van der Waals surface area (Å²) >= 11 is 0. The van der Waals surface area contributed by atoms with Gasteiger partial charge in [-0.25, -0.2) is 0 Å². The topological polar surface area (TPSA) is 97.0 Å². The lowest BCUT2D eigenvalue weighted by Crippen LogP contribution is -2.44. The van der Waals surface area contributed by atoms with Crippen molar-refractivity contribution >= 4 is 29.1 Å². The van der Waals surface area contributed by atoms with Crippen molar-refractivity contribution < 1.29 is 23.9 Å². The van der Waals surface area contributed by atoms with E-state index >= 15 is 0 Å². The molecular formula is C22H23N3O5. The van der Waals surface area contributed by atoms with Crippen LogP contribution >= 0.6 is 0 Å². The molecule has 0 saturated carbocycles. The highest BCUT2D eigenvalue weighted by Gasteiger charge is 2.36. The van der Waals surface area contributed by atoms with Crippen LogP contribution in [0.1, 0.15) is 13.3 Å². The summed E-state index contributed by atoms with van der Waals surface area (Å²) in [6.07, 6.45) is 0.122. The molecule has 0 spiro atoms. The predicted octanol–water partition coefficient (Wildman–Crippen LogP) is 1.95. The highest BCUT2D eigenvalue weighted by molar-refractivity contribution is 6.02. The number of nitrogens with zero attached hydrogens (tertiary/aromatic N) is 1. The molecule has 2 aromatic carbocycles. The quantitative estimate of drug-likeness (QED) is 0.787. The van der Waals surface area contributed by atoms with Gasteiger partial charge in [-0.3, -0.25) is 14.4 Å². The standard InChI is InChI=1S/C22H23N3O5/c1-14(21(27)24-16-7-8-18-19(12-16)30-10-9-29-18)23-22(28)15-11-20(26)25(13-15)17-5-3-2-4-6-17/h2-8,12,14-15H,9-11,13H2,1H3,(H,23,28)(H,24,27)/t14-,15-/m0/s1. The van der Waals surface area contributed by atoms with E-state index in [0.29, 0.717) is 36.9 Å². The molecule has 8 nitrogen and oxygen atoms in total. The van der Waals surface area contributed by atoms with Crippen LogP contribution in [0.15, 0.2) is 48.5 Å². The van der Waals surface area contributed by atoms with Crippen molar-refractivity contribution in [2.75, 3.05) is 30.0 Å². The molecule has 1 saturated heterocycles. The van der Waals surface area contributed by atoms with Crippen LogP contribution in [0.5, 0.6) is 11.5 Å². The Morgan fingerprint density at radius 3 is 2.57 bits per heavy atom. The van der Waals surface area contributed by atoms with Crippen LogP contribution in [0.3, 0.4) is 0 Å². The second-order valence-corrected chi connectivity index (χ2v) is 7.32. The van der Waals surface area contributed by atoms with Crippen LogP contribution in [0.2, 0.25) is 0 Å². The van der Waals surface area contributed by atoms with Crippen molar-refractivity contribution in [1.82, 2.24) is 5.32 Å². The molecule has 30 heavy (non-hydrogen) atoms. The summed E-state index contributed by atoms with van der Waals surface area (Å²) < 4.78 is 11.0. The number of nitrogens with one attached hydrogen (secondary N) is 2. The summed E-state index contributed by atoms with van der Waals surface area (Å²) in [4.78, 5) is 39.0. The molecule has 1 fully saturated rings. The Morgan fingerprint density at radius 2 is 1.80 bits per heavy atom. The number of hydrogen-bond acceptors (Lipinski definition) is 5. The van der Waals surface area contributed by atoms with Gasteiger partial charge in [0.2, 0.25) is 17.7 Å².